The molecule has 0 N–H and O–H groups in total. The lowest BCUT2D eigenvalue weighted by Gasteiger charge is -2.31. The van der Waals surface area contributed by atoms with E-state index in [1.54, 1.807) is 0 Å². The molecule has 1 fully saturated rings. The van der Waals surface area contributed by atoms with E-state index < -0.39 is 0 Å². The van der Waals surface area contributed by atoms with Gasteiger partial charge in [0.2, 0.25) is 0 Å². The topological polar surface area (TPSA) is 52.6 Å². The summed E-state index contributed by atoms with van der Waals surface area (Å²) in [5, 5.41) is 0. The van der Waals surface area contributed by atoms with Crippen molar-refractivity contribution in [3.8, 4) is 0 Å². The standard InChI is InChI=1S/C28H52O4/c1-9-27(5,6)21(3)13-11-19-31-25(29)23-15-17-24(18-16-23)26(30)32-20-12-14-22(4)28(7,8)10-2/h21-24H,9-20H2,1-8H3. The predicted molar refractivity (Wildman–Crippen MR) is 132 cm³/mol. The third-order valence-electron chi connectivity index (χ3n) is 8.94. The fraction of sp³-hybridized carbons (Fsp3) is 0.929. The number of carbonyl (C=O) groups excluding carboxylic acids is 2. The summed E-state index contributed by atoms with van der Waals surface area (Å²) in [5.41, 5.74) is 0.669. The maximum atomic E-state index is 12.4. The van der Waals surface area contributed by atoms with Crippen LogP contribution in [0.25, 0.3) is 0 Å². The molecule has 0 radical (unpaired) electrons. The van der Waals surface area contributed by atoms with Crippen LogP contribution in [0.3, 0.4) is 0 Å². The highest BCUT2D eigenvalue weighted by Gasteiger charge is 2.32. The second kappa shape index (κ2) is 13.6. The van der Waals surface area contributed by atoms with Crippen molar-refractivity contribution in [3.05, 3.63) is 0 Å². The average Bonchev–Trinajstić information content (AvgIpc) is 2.78. The minimum absolute atomic E-state index is 0.0549. The Balaban J connectivity index is 2.21. The van der Waals surface area contributed by atoms with Crippen molar-refractivity contribution in [3.63, 3.8) is 0 Å². The molecule has 4 heteroatoms. The Morgan fingerprint density at radius 2 is 1.03 bits per heavy atom. The van der Waals surface area contributed by atoms with E-state index in [0.717, 1.165) is 64.2 Å². The molecular weight excluding hydrogens is 400 g/mol. The lowest BCUT2D eigenvalue weighted by molar-refractivity contribution is -0.155. The number of rotatable bonds is 14. The van der Waals surface area contributed by atoms with Gasteiger partial charge in [0.1, 0.15) is 0 Å². The number of hydrogen-bond acceptors (Lipinski definition) is 4. The van der Waals surface area contributed by atoms with Crippen LogP contribution in [-0.2, 0) is 19.1 Å². The van der Waals surface area contributed by atoms with Gasteiger partial charge in [-0.15, -0.1) is 0 Å². The molecule has 1 rings (SSSR count). The van der Waals surface area contributed by atoms with E-state index in [1.807, 2.05) is 0 Å². The van der Waals surface area contributed by atoms with Gasteiger partial charge in [0.25, 0.3) is 0 Å². The maximum absolute atomic E-state index is 12.4. The van der Waals surface area contributed by atoms with Crippen molar-refractivity contribution in [2.24, 2.45) is 34.5 Å². The first-order chi connectivity index (χ1) is 14.9. The minimum atomic E-state index is -0.0771. The van der Waals surface area contributed by atoms with Gasteiger partial charge in [-0.3, -0.25) is 9.59 Å². The zero-order chi connectivity index (χ0) is 24.4. The van der Waals surface area contributed by atoms with Crippen molar-refractivity contribution in [2.45, 2.75) is 120 Å². The molecule has 0 spiro atoms. The van der Waals surface area contributed by atoms with Crippen molar-refractivity contribution in [1.82, 2.24) is 0 Å². The van der Waals surface area contributed by atoms with E-state index in [0.29, 0.717) is 35.9 Å². The highest BCUT2D eigenvalue weighted by molar-refractivity contribution is 5.75. The molecule has 0 bridgehead atoms. The zero-order valence-electron chi connectivity index (χ0n) is 22.4. The van der Waals surface area contributed by atoms with E-state index in [1.165, 1.54) is 0 Å². The van der Waals surface area contributed by atoms with E-state index >= 15 is 0 Å². The Morgan fingerprint density at radius 3 is 1.31 bits per heavy atom. The van der Waals surface area contributed by atoms with Gasteiger partial charge in [-0.2, -0.15) is 0 Å². The molecule has 4 nitrogen and oxygen atoms in total. The average molecular weight is 453 g/mol. The molecule has 0 saturated heterocycles. The van der Waals surface area contributed by atoms with Crippen LogP contribution in [0.5, 0.6) is 0 Å². The molecule has 0 aromatic heterocycles. The Hall–Kier alpha value is -1.06. The molecule has 32 heavy (non-hydrogen) atoms. The maximum Gasteiger partial charge on any atom is 0.308 e. The smallest absolute Gasteiger partial charge is 0.308 e. The van der Waals surface area contributed by atoms with Crippen LogP contribution in [0, 0.1) is 34.5 Å². The number of ether oxygens (including phenoxy) is 2. The number of carbonyl (C=O) groups is 2. The van der Waals surface area contributed by atoms with Crippen molar-refractivity contribution in [2.75, 3.05) is 13.2 Å². The largest absolute Gasteiger partial charge is 0.465 e. The monoisotopic (exact) mass is 452 g/mol. The second-order valence-corrected chi connectivity index (χ2v) is 11.7. The van der Waals surface area contributed by atoms with Crippen LogP contribution in [0.15, 0.2) is 0 Å². The molecule has 0 aliphatic heterocycles. The first-order valence-corrected chi connectivity index (χ1v) is 13.3. The highest BCUT2D eigenvalue weighted by atomic mass is 16.5. The lowest BCUT2D eigenvalue weighted by atomic mass is 9.76. The van der Waals surface area contributed by atoms with Gasteiger partial charge in [0.15, 0.2) is 0 Å². The summed E-state index contributed by atoms with van der Waals surface area (Å²) >= 11 is 0. The van der Waals surface area contributed by atoms with Gasteiger partial charge in [0.05, 0.1) is 25.0 Å². The third kappa shape index (κ3) is 9.43. The minimum Gasteiger partial charge on any atom is -0.465 e. The van der Waals surface area contributed by atoms with Crippen molar-refractivity contribution >= 4 is 11.9 Å². The summed E-state index contributed by atoms with van der Waals surface area (Å²) in [6.07, 6.45) is 9.28. The Labute approximate surface area is 198 Å². The van der Waals surface area contributed by atoms with Crippen LogP contribution in [0.2, 0.25) is 0 Å². The van der Waals surface area contributed by atoms with Gasteiger partial charge in [-0.25, -0.2) is 0 Å². The van der Waals surface area contributed by atoms with Crippen LogP contribution < -0.4 is 0 Å². The van der Waals surface area contributed by atoms with Crippen LogP contribution in [0.1, 0.15) is 120 Å². The summed E-state index contributed by atoms with van der Waals surface area (Å²) in [6.45, 7) is 19.3. The fourth-order valence-electron chi connectivity index (χ4n) is 4.40. The van der Waals surface area contributed by atoms with Crippen LogP contribution in [-0.4, -0.2) is 25.2 Å². The Bertz CT molecular complexity index is 508. The molecule has 0 aromatic carbocycles. The fourth-order valence-corrected chi connectivity index (χ4v) is 4.40. The molecule has 0 amide bonds. The SMILES string of the molecule is CCC(C)(C)C(C)CCCOC(=O)C1CCC(C(=O)OCCCC(C)C(C)(C)CC)CC1. The van der Waals surface area contributed by atoms with Crippen LogP contribution >= 0.6 is 0 Å². The van der Waals surface area contributed by atoms with Crippen molar-refractivity contribution < 1.29 is 19.1 Å². The summed E-state index contributed by atoms with van der Waals surface area (Å²) < 4.78 is 11.1. The lowest BCUT2D eigenvalue weighted by Crippen LogP contribution is -2.29. The van der Waals surface area contributed by atoms with Gasteiger partial charge in [0, 0.05) is 0 Å². The second-order valence-electron chi connectivity index (χ2n) is 11.7. The van der Waals surface area contributed by atoms with Gasteiger partial charge >= 0.3 is 11.9 Å². The zero-order valence-corrected chi connectivity index (χ0v) is 22.4. The predicted octanol–water partition coefficient (Wildman–Crippen LogP) is 7.58. The first kappa shape index (κ1) is 29.0. The molecule has 0 heterocycles. The van der Waals surface area contributed by atoms with E-state index in [2.05, 4.69) is 55.4 Å². The van der Waals surface area contributed by atoms with Gasteiger partial charge in [-0.1, -0.05) is 68.2 Å². The van der Waals surface area contributed by atoms with E-state index in [4.69, 9.17) is 9.47 Å². The van der Waals surface area contributed by atoms with E-state index in [9.17, 15) is 9.59 Å². The van der Waals surface area contributed by atoms with Gasteiger partial charge in [-0.05, 0) is 74.0 Å². The normalized spacial score (nSPS) is 21.6. The Kier molecular flexibility index (Phi) is 12.3. The Morgan fingerprint density at radius 1 is 0.719 bits per heavy atom. The first-order valence-electron chi connectivity index (χ1n) is 13.3. The molecular formula is C28H52O4. The summed E-state index contributed by atoms with van der Waals surface area (Å²) in [6, 6.07) is 0. The molecule has 0 aromatic rings. The van der Waals surface area contributed by atoms with Crippen molar-refractivity contribution in [1.29, 1.82) is 0 Å². The third-order valence-corrected chi connectivity index (χ3v) is 8.94. The molecule has 1 aliphatic rings. The quantitative estimate of drug-likeness (QED) is 0.201. The molecule has 188 valence electrons. The summed E-state index contributed by atoms with van der Waals surface area (Å²) in [4.78, 5) is 24.8. The molecule has 2 unspecified atom stereocenters. The van der Waals surface area contributed by atoms with E-state index in [-0.39, 0.29) is 23.8 Å². The number of esters is 2. The molecule has 2 atom stereocenters. The highest BCUT2D eigenvalue weighted by Crippen LogP contribution is 2.34. The summed E-state index contributed by atoms with van der Waals surface area (Å²) in [7, 11) is 0. The van der Waals surface area contributed by atoms with Crippen LogP contribution in [0.4, 0.5) is 0 Å². The molecule has 1 saturated carbocycles. The summed E-state index contributed by atoms with van der Waals surface area (Å²) in [5.74, 6) is 0.975. The van der Waals surface area contributed by atoms with Gasteiger partial charge < -0.3 is 9.47 Å². The molecule has 1 aliphatic carbocycles. The number of hydrogen-bond donors (Lipinski definition) is 0.